The Balaban J connectivity index is 1.98. The maximum Gasteiger partial charge on any atom is 0.238 e. The van der Waals surface area contributed by atoms with Crippen LogP contribution in [-0.2, 0) is 4.79 Å². The molecule has 0 bridgehead atoms. The van der Waals surface area contributed by atoms with Gasteiger partial charge < -0.3 is 11.1 Å². The SMILES string of the molecule is CC1CCCC(SCC(NC(C)C)(C(N)=O)C2CC2)C1. The second-order valence-corrected chi connectivity index (χ2v) is 8.40. The van der Waals surface area contributed by atoms with Crippen LogP contribution >= 0.6 is 11.8 Å². The van der Waals surface area contributed by atoms with Crippen molar-refractivity contribution in [2.75, 3.05) is 5.75 Å². The van der Waals surface area contributed by atoms with Gasteiger partial charge in [0.15, 0.2) is 0 Å². The lowest BCUT2D eigenvalue weighted by Gasteiger charge is -2.36. The maximum atomic E-state index is 12.1. The third-order valence-corrected chi connectivity index (χ3v) is 6.22. The molecule has 0 heterocycles. The number of primary amides is 1. The summed E-state index contributed by atoms with van der Waals surface area (Å²) in [6.07, 6.45) is 7.59. The number of rotatable bonds is 7. The average molecular weight is 298 g/mol. The zero-order valence-corrected chi connectivity index (χ0v) is 14.0. The highest BCUT2D eigenvalue weighted by Crippen LogP contribution is 2.43. The Kier molecular flexibility index (Phi) is 5.41. The molecule has 20 heavy (non-hydrogen) atoms. The number of carbonyl (C=O) groups excluding carboxylic acids is 1. The van der Waals surface area contributed by atoms with Gasteiger partial charge in [-0.25, -0.2) is 0 Å². The van der Waals surface area contributed by atoms with Crippen LogP contribution in [0.15, 0.2) is 0 Å². The van der Waals surface area contributed by atoms with E-state index in [-0.39, 0.29) is 5.91 Å². The van der Waals surface area contributed by atoms with Crippen LogP contribution in [0.3, 0.4) is 0 Å². The molecular weight excluding hydrogens is 268 g/mol. The van der Waals surface area contributed by atoms with Crippen molar-refractivity contribution in [3.8, 4) is 0 Å². The van der Waals surface area contributed by atoms with Crippen LogP contribution in [-0.4, -0.2) is 28.5 Å². The monoisotopic (exact) mass is 298 g/mol. The number of hydrogen-bond donors (Lipinski definition) is 2. The molecule has 0 aliphatic heterocycles. The van der Waals surface area contributed by atoms with Gasteiger partial charge in [-0.3, -0.25) is 4.79 Å². The summed E-state index contributed by atoms with van der Waals surface area (Å²) in [5.41, 5.74) is 5.32. The molecule has 0 aromatic rings. The fraction of sp³-hybridized carbons (Fsp3) is 0.938. The second-order valence-electron chi connectivity index (χ2n) is 7.11. The van der Waals surface area contributed by atoms with E-state index in [1.807, 2.05) is 11.8 Å². The van der Waals surface area contributed by atoms with Crippen molar-refractivity contribution in [3.05, 3.63) is 0 Å². The van der Waals surface area contributed by atoms with Gasteiger partial charge in [0.2, 0.25) is 5.91 Å². The fourth-order valence-electron chi connectivity index (χ4n) is 3.49. The summed E-state index contributed by atoms with van der Waals surface area (Å²) >= 11 is 1.98. The zero-order chi connectivity index (χ0) is 14.8. The third kappa shape index (κ3) is 3.91. The van der Waals surface area contributed by atoms with Crippen molar-refractivity contribution in [2.45, 2.75) is 76.1 Å². The number of nitrogens with one attached hydrogen (secondary N) is 1. The summed E-state index contributed by atoms with van der Waals surface area (Å²) in [4.78, 5) is 12.1. The molecule has 2 aliphatic carbocycles. The van der Waals surface area contributed by atoms with Gasteiger partial charge in [-0.1, -0.05) is 19.8 Å². The van der Waals surface area contributed by atoms with E-state index in [0.29, 0.717) is 17.2 Å². The van der Waals surface area contributed by atoms with E-state index < -0.39 is 5.54 Å². The quantitative estimate of drug-likeness (QED) is 0.760. The molecule has 4 heteroatoms. The van der Waals surface area contributed by atoms with Crippen LogP contribution in [0.2, 0.25) is 0 Å². The molecule has 3 unspecified atom stereocenters. The van der Waals surface area contributed by atoms with Crippen molar-refractivity contribution < 1.29 is 4.79 Å². The van der Waals surface area contributed by atoms with E-state index in [1.54, 1.807) is 0 Å². The van der Waals surface area contributed by atoms with E-state index in [9.17, 15) is 4.79 Å². The molecule has 3 atom stereocenters. The van der Waals surface area contributed by atoms with E-state index in [1.165, 1.54) is 25.7 Å². The number of nitrogens with two attached hydrogens (primary N) is 1. The molecular formula is C16H30N2OS. The van der Waals surface area contributed by atoms with Gasteiger partial charge in [-0.15, -0.1) is 0 Å². The molecule has 0 aromatic heterocycles. The smallest absolute Gasteiger partial charge is 0.238 e. The van der Waals surface area contributed by atoms with Crippen molar-refractivity contribution in [1.29, 1.82) is 0 Å². The van der Waals surface area contributed by atoms with Crippen molar-refractivity contribution in [1.82, 2.24) is 5.32 Å². The molecule has 1 amide bonds. The van der Waals surface area contributed by atoms with Gasteiger partial charge in [0.05, 0.1) is 0 Å². The Morgan fingerprint density at radius 3 is 2.55 bits per heavy atom. The molecule has 2 fully saturated rings. The summed E-state index contributed by atoms with van der Waals surface area (Å²) in [6.45, 7) is 6.56. The van der Waals surface area contributed by atoms with Crippen LogP contribution in [0.1, 0.15) is 59.3 Å². The molecule has 0 saturated heterocycles. The standard InChI is InChI=1S/C16H30N2OS/c1-11(2)18-16(15(17)19,13-7-8-13)10-20-14-6-4-5-12(3)9-14/h11-14,18H,4-10H2,1-3H3,(H2,17,19). The molecule has 0 spiro atoms. The number of amides is 1. The fourth-order valence-corrected chi connectivity index (χ4v) is 5.25. The third-order valence-electron chi connectivity index (χ3n) is 4.70. The first kappa shape index (κ1) is 16.2. The van der Waals surface area contributed by atoms with Crippen LogP contribution < -0.4 is 11.1 Å². The van der Waals surface area contributed by atoms with Crippen LogP contribution in [0, 0.1) is 11.8 Å². The molecule has 3 nitrogen and oxygen atoms in total. The van der Waals surface area contributed by atoms with Gasteiger partial charge in [0.25, 0.3) is 0 Å². The summed E-state index contributed by atoms with van der Waals surface area (Å²) in [7, 11) is 0. The lowest BCUT2D eigenvalue weighted by Crippen LogP contribution is -2.61. The molecule has 116 valence electrons. The highest BCUT2D eigenvalue weighted by Gasteiger charge is 2.50. The second kappa shape index (κ2) is 6.69. The lowest BCUT2D eigenvalue weighted by molar-refractivity contribution is -0.124. The molecule has 2 rings (SSSR count). The first-order valence-corrected chi connectivity index (χ1v) is 9.18. The number of hydrogen-bond acceptors (Lipinski definition) is 3. The Bertz CT molecular complexity index is 343. The molecule has 3 N–H and O–H groups in total. The van der Waals surface area contributed by atoms with E-state index in [4.69, 9.17) is 5.73 Å². The molecule has 0 aromatic carbocycles. The maximum absolute atomic E-state index is 12.1. The largest absolute Gasteiger partial charge is 0.368 e. The number of thioether (sulfide) groups is 1. The predicted molar refractivity (Wildman–Crippen MR) is 86.8 cm³/mol. The minimum atomic E-state index is -0.473. The van der Waals surface area contributed by atoms with Gasteiger partial charge in [-0.2, -0.15) is 11.8 Å². The van der Waals surface area contributed by atoms with E-state index >= 15 is 0 Å². The van der Waals surface area contributed by atoms with E-state index in [2.05, 4.69) is 26.1 Å². The van der Waals surface area contributed by atoms with Crippen LogP contribution in [0.25, 0.3) is 0 Å². The van der Waals surface area contributed by atoms with Gasteiger partial charge in [0, 0.05) is 17.0 Å². The highest BCUT2D eigenvalue weighted by molar-refractivity contribution is 8.00. The minimum absolute atomic E-state index is 0.148. The Hall–Kier alpha value is -0.220. The van der Waals surface area contributed by atoms with Crippen molar-refractivity contribution >= 4 is 17.7 Å². The van der Waals surface area contributed by atoms with Gasteiger partial charge >= 0.3 is 0 Å². The minimum Gasteiger partial charge on any atom is -0.368 e. The molecule has 0 radical (unpaired) electrons. The Morgan fingerprint density at radius 2 is 2.05 bits per heavy atom. The normalized spacial score (nSPS) is 30.2. The van der Waals surface area contributed by atoms with Crippen molar-refractivity contribution in [2.24, 2.45) is 17.6 Å². The first-order valence-electron chi connectivity index (χ1n) is 8.13. The van der Waals surface area contributed by atoms with Crippen molar-refractivity contribution in [3.63, 3.8) is 0 Å². The van der Waals surface area contributed by atoms with Gasteiger partial charge in [0.1, 0.15) is 5.54 Å². The topological polar surface area (TPSA) is 55.1 Å². The summed E-state index contributed by atoms with van der Waals surface area (Å²) < 4.78 is 0. The van der Waals surface area contributed by atoms with Crippen LogP contribution in [0.4, 0.5) is 0 Å². The van der Waals surface area contributed by atoms with Crippen LogP contribution in [0.5, 0.6) is 0 Å². The summed E-state index contributed by atoms with van der Waals surface area (Å²) in [5.74, 6) is 1.99. The van der Waals surface area contributed by atoms with Gasteiger partial charge in [-0.05, 0) is 51.4 Å². The Labute approximate surface area is 127 Å². The highest BCUT2D eigenvalue weighted by atomic mass is 32.2. The molecule has 2 saturated carbocycles. The number of carbonyl (C=O) groups is 1. The average Bonchev–Trinajstić information content (AvgIpc) is 3.18. The van der Waals surface area contributed by atoms with E-state index in [0.717, 1.165) is 24.5 Å². The molecule has 2 aliphatic rings. The summed E-state index contributed by atoms with van der Waals surface area (Å²) in [5, 5.41) is 4.22. The predicted octanol–water partition coefficient (Wildman–Crippen LogP) is 2.93. The Morgan fingerprint density at radius 1 is 1.35 bits per heavy atom. The zero-order valence-electron chi connectivity index (χ0n) is 13.2. The summed E-state index contributed by atoms with van der Waals surface area (Å²) in [6, 6.07) is 0.300. The first-order chi connectivity index (χ1) is 9.44. The lowest BCUT2D eigenvalue weighted by atomic mass is 9.90.